The number of hydrogen-bond acceptors (Lipinski definition) is 7. The van der Waals surface area contributed by atoms with Crippen LogP contribution < -0.4 is 5.32 Å². The number of carboxylic acids is 1. The molecule has 1 atom stereocenters. The van der Waals surface area contributed by atoms with E-state index in [9.17, 15) is 20.0 Å². The number of nitriles is 1. The standard InChI is InChI=1S/C11H10N4O5/c12-4-7-3-8(15(18)19)5-13-9(7)14-11(10(16)17)1-2-20-6-11/h3,5H,1-2,6H2,(H,13,14)(H,16,17). The summed E-state index contributed by atoms with van der Waals surface area (Å²) in [6.07, 6.45) is 1.18. The van der Waals surface area contributed by atoms with Gasteiger partial charge in [-0.3, -0.25) is 10.1 Å². The molecule has 2 heterocycles. The second kappa shape index (κ2) is 5.10. The molecule has 104 valence electrons. The van der Waals surface area contributed by atoms with Crippen molar-refractivity contribution >= 4 is 17.5 Å². The maximum Gasteiger partial charge on any atom is 0.331 e. The Balaban J connectivity index is 2.36. The molecule has 9 heteroatoms. The third-order valence-corrected chi connectivity index (χ3v) is 2.99. The average Bonchev–Trinajstić information content (AvgIpc) is 2.89. The first-order chi connectivity index (χ1) is 9.48. The lowest BCUT2D eigenvalue weighted by Gasteiger charge is -2.24. The van der Waals surface area contributed by atoms with E-state index < -0.39 is 16.4 Å². The average molecular weight is 278 g/mol. The number of nitro groups is 1. The topological polar surface area (TPSA) is 138 Å². The van der Waals surface area contributed by atoms with Gasteiger partial charge in [0.2, 0.25) is 0 Å². The molecule has 0 aromatic carbocycles. The van der Waals surface area contributed by atoms with E-state index >= 15 is 0 Å². The van der Waals surface area contributed by atoms with Gasteiger partial charge >= 0.3 is 5.97 Å². The van der Waals surface area contributed by atoms with Crippen molar-refractivity contribution in [1.82, 2.24) is 4.98 Å². The summed E-state index contributed by atoms with van der Waals surface area (Å²) >= 11 is 0. The fourth-order valence-electron chi connectivity index (χ4n) is 1.85. The number of aromatic nitrogens is 1. The van der Waals surface area contributed by atoms with E-state index in [2.05, 4.69) is 10.3 Å². The molecule has 2 rings (SSSR count). The summed E-state index contributed by atoms with van der Waals surface area (Å²) < 4.78 is 5.07. The summed E-state index contributed by atoms with van der Waals surface area (Å²) in [7, 11) is 0. The lowest BCUT2D eigenvalue weighted by molar-refractivity contribution is -0.385. The van der Waals surface area contributed by atoms with Crippen molar-refractivity contribution < 1.29 is 19.6 Å². The molecule has 0 radical (unpaired) electrons. The molecule has 1 unspecified atom stereocenters. The normalized spacial score (nSPS) is 21.1. The van der Waals surface area contributed by atoms with Crippen molar-refractivity contribution in [3.05, 3.63) is 27.9 Å². The largest absolute Gasteiger partial charge is 0.479 e. The second-order valence-electron chi connectivity index (χ2n) is 4.27. The van der Waals surface area contributed by atoms with Crippen molar-refractivity contribution in [2.45, 2.75) is 12.0 Å². The van der Waals surface area contributed by atoms with E-state index in [4.69, 9.17) is 10.00 Å². The molecule has 0 bridgehead atoms. The van der Waals surface area contributed by atoms with Crippen molar-refractivity contribution in [3.63, 3.8) is 0 Å². The number of carbonyl (C=O) groups is 1. The Morgan fingerprint density at radius 2 is 2.45 bits per heavy atom. The van der Waals surface area contributed by atoms with E-state index in [1.807, 2.05) is 0 Å². The van der Waals surface area contributed by atoms with Crippen LogP contribution in [0.25, 0.3) is 0 Å². The number of rotatable bonds is 4. The van der Waals surface area contributed by atoms with Crippen LogP contribution in [0.5, 0.6) is 0 Å². The minimum absolute atomic E-state index is 0.00833. The quantitative estimate of drug-likeness (QED) is 0.600. The van der Waals surface area contributed by atoms with Gasteiger partial charge in [0.1, 0.15) is 23.6 Å². The fourth-order valence-corrected chi connectivity index (χ4v) is 1.85. The minimum atomic E-state index is -1.37. The van der Waals surface area contributed by atoms with Crippen LogP contribution in [-0.4, -0.2) is 39.7 Å². The predicted octanol–water partition coefficient (Wildman–Crippen LogP) is 0.517. The Morgan fingerprint density at radius 1 is 1.70 bits per heavy atom. The summed E-state index contributed by atoms with van der Waals surface area (Å²) in [6.45, 7) is 0.208. The zero-order chi connectivity index (χ0) is 14.8. The highest BCUT2D eigenvalue weighted by molar-refractivity contribution is 5.83. The van der Waals surface area contributed by atoms with Crippen LogP contribution in [0.4, 0.5) is 11.5 Å². The molecule has 0 amide bonds. The lowest BCUT2D eigenvalue weighted by atomic mass is 9.98. The van der Waals surface area contributed by atoms with Crippen LogP contribution in [0, 0.1) is 21.4 Å². The van der Waals surface area contributed by atoms with Gasteiger partial charge in [0, 0.05) is 19.1 Å². The first-order valence-electron chi connectivity index (χ1n) is 5.62. The van der Waals surface area contributed by atoms with E-state index in [0.29, 0.717) is 0 Å². The molecule has 0 aliphatic carbocycles. The number of aliphatic carboxylic acids is 1. The Labute approximate surface area is 112 Å². The van der Waals surface area contributed by atoms with E-state index in [-0.39, 0.29) is 36.7 Å². The number of pyridine rings is 1. The first-order valence-corrected chi connectivity index (χ1v) is 5.62. The second-order valence-corrected chi connectivity index (χ2v) is 4.27. The van der Waals surface area contributed by atoms with E-state index in [1.54, 1.807) is 6.07 Å². The Hall–Kier alpha value is -2.73. The number of nitrogens with zero attached hydrogens (tertiary/aromatic N) is 3. The van der Waals surface area contributed by atoms with Gasteiger partial charge < -0.3 is 15.2 Å². The fraction of sp³-hybridized carbons (Fsp3) is 0.364. The highest BCUT2D eigenvalue weighted by atomic mass is 16.6. The van der Waals surface area contributed by atoms with Crippen LogP contribution in [0.3, 0.4) is 0 Å². The summed E-state index contributed by atoms with van der Waals surface area (Å²) in [5.41, 5.74) is -1.79. The van der Waals surface area contributed by atoms with Crippen LogP contribution in [-0.2, 0) is 9.53 Å². The van der Waals surface area contributed by atoms with Gasteiger partial charge in [0.25, 0.3) is 5.69 Å². The molecule has 2 N–H and O–H groups in total. The summed E-state index contributed by atoms with van der Waals surface area (Å²) in [5.74, 6) is -1.13. The molecule has 0 saturated carbocycles. The van der Waals surface area contributed by atoms with Crippen molar-refractivity contribution in [2.75, 3.05) is 18.5 Å². The molecule has 1 fully saturated rings. The van der Waals surface area contributed by atoms with Crippen LogP contribution in [0.15, 0.2) is 12.3 Å². The number of anilines is 1. The number of ether oxygens (including phenoxy) is 1. The zero-order valence-electron chi connectivity index (χ0n) is 10.2. The van der Waals surface area contributed by atoms with Gasteiger partial charge in [-0.2, -0.15) is 5.26 Å². The third-order valence-electron chi connectivity index (χ3n) is 2.99. The van der Waals surface area contributed by atoms with Gasteiger partial charge in [-0.05, 0) is 0 Å². The summed E-state index contributed by atoms with van der Waals surface area (Å²) in [5, 5.41) is 31.5. The molecule has 1 aliphatic rings. The predicted molar refractivity (Wildman–Crippen MR) is 65.0 cm³/mol. The zero-order valence-corrected chi connectivity index (χ0v) is 10.2. The van der Waals surface area contributed by atoms with Gasteiger partial charge in [0.15, 0.2) is 5.54 Å². The maximum atomic E-state index is 11.3. The van der Waals surface area contributed by atoms with E-state index in [0.717, 1.165) is 12.3 Å². The molecule has 9 nitrogen and oxygen atoms in total. The monoisotopic (exact) mass is 278 g/mol. The van der Waals surface area contributed by atoms with Crippen molar-refractivity contribution in [2.24, 2.45) is 0 Å². The van der Waals surface area contributed by atoms with Crippen LogP contribution >= 0.6 is 0 Å². The molecule has 20 heavy (non-hydrogen) atoms. The summed E-state index contributed by atoms with van der Waals surface area (Å²) in [6, 6.07) is 2.80. The molecule has 0 spiro atoms. The highest BCUT2D eigenvalue weighted by Crippen LogP contribution is 2.27. The number of hydrogen-bond donors (Lipinski definition) is 2. The molecule has 1 saturated heterocycles. The van der Waals surface area contributed by atoms with Gasteiger partial charge in [-0.25, -0.2) is 9.78 Å². The Morgan fingerprint density at radius 3 is 2.95 bits per heavy atom. The highest BCUT2D eigenvalue weighted by Gasteiger charge is 2.43. The van der Waals surface area contributed by atoms with Gasteiger partial charge in [-0.15, -0.1) is 0 Å². The summed E-state index contributed by atoms with van der Waals surface area (Å²) in [4.78, 5) is 25.0. The SMILES string of the molecule is N#Cc1cc([N+](=O)[O-])cnc1NC1(C(=O)O)CCOC1. The molecular formula is C11H10N4O5. The van der Waals surface area contributed by atoms with Gasteiger partial charge in [-0.1, -0.05) is 0 Å². The Bertz CT molecular complexity index is 603. The molecule has 1 aliphatic heterocycles. The lowest BCUT2D eigenvalue weighted by Crippen LogP contribution is -2.47. The smallest absolute Gasteiger partial charge is 0.331 e. The molecule has 1 aromatic rings. The van der Waals surface area contributed by atoms with Crippen LogP contribution in [0.1, 0.15) is 12.0 Å². The molecule has 1 aromatic heterocycles. The molecular weight excluding hydrogens is 268 g/mol. The van der Waals surface area contributed by atoms with Crippen molar-refractivity contribution in [1.29, 1.82) is 5.26 Å². The van der Waals surface area contributed by atoms with Crippen molar-refractivity contribution in [3.8, 4) is 6.07 Å². The number of nitrogens with one attached hydrogen (secondary N) is 1. The van der Waals surface area contributed by atoms with Gasteiger partial charge in [0.05, 0.1) is 11.5 Å². The number of carboxylic acid groups (broad SMARTS) is 1. The first kappa shape index (κ1) is 13.7. The Kier molecular flexibility index (Phi) is 3.49. The minimum Gasteiger partial charge on any atom is -0.479 e. The maximum absolute atomic E-state index is 11.3. The third kappa shape index (κ3) is 2.36. The van der Waals surface area contributed by atoms with E-state index in [1.165, 1.54) is 0 Å². The van der Waals surface area contributed by atoms with Crippen LogP contribution in [0.2, 0.25) is 0 Å².